The zero-order valence-corrected chi connectivity index (χ0v) is 13.1. The van der Waals surface area contributed by atoms with Crippen molar-refractivity contribution in [1.29, 1.82) is 0 Å². The summed E-state index contributed by atoms with van der Waals surface area (Å²) in [7, 11) is 1.99. The average molecular weight is 303 g/mol. The number of carbonyl (C=O) groups excluding carboxylic acids is 1. The number of aromatic nitrogens is 2. The van der Waals surface area contributed by atoms with Crippen LogP contribution < -0.4 is 5.32 Å². The summed E-state index contributed by atoms with van der Waals surface area (Å²) in [6, 6.07) is 4.27. The number of carbonyl (C=O) groups is 1. The Morgan fingerprint density at radius 3 is 3.05 bits per heavy atom. The first-order valence-electron chi connectivity index (χ1n) is 7.53. The van der Waals surface area contributed by atoms with Gasteiger partial charge in [-0.2, -0.15) is 0 Å². The van der Waals surface area contributed by atoms with Crippen LogP contribution in [0.5, 0.6) is 0 Å². The van der Waals surface area contributed by atoms with E-state index in [1.54, 1.807) is 17.5 Å². The molecule has 1 aliphatic carbocycles. The maximum absolute atomic E-state index is 12.2. The van der Waals surface area contributed by atoms with E-state index in [1.165, 1.54) is 17.7 Å². The largest absolute Gasteiger partial charge is 0.346 e. The van der Waals surface area contributed by atoms with Gasteiger partial charge in [0.1, 0.15) is 5.82 Å². The fraction of sp³-hybridized carbons (Fsp3) is 0.500. The van der Waals surface area contributed by atoms with Crippen molar-refractivity contribution >= 4 is 17.2 Å². The topological polar surface area (TPSA) is 46.9 Å². The van der Waals surface area contributed by atoms with Crippen molar-refractivity contribution < 1.29 is 4.79 Å². The lowest BCUT2D eigenvalue weighted by atomic mass is 10.1. The van der Waals surface area contributed by atoms with Gasteiger partial charge in [-0.15, -0.1) is 11.3 Å². The van der Waals surface area contributed by atoms with Crippen LogP contribution in [0.15, 0.2) is 29.9 Å². The van der Waals surface area contributed by atoms with Gasteiger partial charge in [-0.3, -0.25) is 4.79 Å². The monoisotopic (exact) mass is 303 g/mol. The second kappa shape index (κ2) is 6.43. The Labute approximate surface area is 129 Å². The first kappa shape index (κ1) is 14.3. The number of aryl methyl sites for hydroxylation is 2. The summed E-state index contributed by atoms with van der Waals surface area (Å²) in [4.78, 5) is 17.9. The van der Waals surface area contributed by atoms with Crippen LogP contribution in [0.1, 0.15) is 42.4 Å². The molecule has 0 radical (unpaired) electrons. The number of nitrogens with zero attached hydrogens (tertiary/aromatic N) is 2. The number of imidazole rings is 1. The van der Waals surface area contributed by atoms with E-state index in [0.717, 1.165) is 18.7 Å². The summed E-state index contributed by atoms with van der Waals surface area (Å²) in [6.45, 7) is 0. The summed E-state index contributed by atoms with van der Waals surface area (Å²) < 4.78 is 2.01. The molecule has 4 nitrogen and oxygen atoms in total. The van der Waals surface area contributed by atoms with Crippen molar-refractivity contribution in [3.8, 4) is 0 Å². The van der Waals surface area contributed by atoms with Gasteiger partial charge in [-0.25, -0.2) is 4.98 Å². The van der Waals surface area contributed by atoms with Crippen molar-refractivity contribution in [3.63, 3.8) is 0 Å². The predicted molar refractivity (Wildman–Crippen MR) is 84.1 cm³/mol. The van der Waals surface area contributed by atoms with E-state index in [0.29, 0.717) is 12.3 Å². The molecule has 2 heterocycles. The average Bonchev–Trinajstić information content (AvgIpc) is 3.01. The Balaban J connectivity index is 1.51. The van der Waals surface area contributed by atoms with Crippen LogP contribution in [0.3, 0.4) is 0 Å². The summed E-state index contributed by atoms with van der Waals surface area (Å²) in [5.41, 5.74) is 0. The lowest BCUT2D eigenvalue weighted by Crippen LogP contribution is -2.31. The standard InChI is InChI=1S/C16H21N3OS/c1-19-10-9-17-16(19)15(12-7-8-12)18-14(20)6-2-4-13-5-3-11-21-13/h3,5,9-12,15H,2,4,6-8H2,1H3,(H,18,20)/t15-/m1/s1. The Hall–Kier alpha value is -1.62. The van der Waals surface area contributed by atoms with Gasteiger partial charge in [-0.1, -0.05) is 6.07 Å². The van der Waals surface area contributed by atoms with Crippen molar-refractivity contribution in [1.82, 2.24) is 14.9 Å². The number of rotatable bonds is 7. The number of nitrogens with one attached hydrogen (secondary N) is 1. The van der Waals surface area contributed by atoms with Crippen LogP contribution in [-0.2, 0) is 18.3 Å². The van der Waals surface area contributed by atoms with Gasteiger partial charge < -0.3 is 9.88 Å². The predicted octanol–water partition coefficient (Wildman–Crippen LogP) is 3.07. The van der Waals surface area contributed by atoms with Crippen molar-refractivity contribution in [2.75, 3.05) is 0 Å². The van der Waals surface area contributed by atoms with E-state index >= 15 is 0 Å². The van der Waals surface area contributed by atoms with Crippen LogP contribution in [0.2, 0.25) is 0 Å². The molecule has 3 rings (SSSR count). The minimum atomic E-state index is 0.0826. The second-order valence-corrected chi connectivity index (χ2v) is 6.74. The molecular formula is C16H21N3OS. The quantitative estimate of drug-likeness (QED) is 0.854. The van der Waals surface area contributed by atoms with Gasteiger partial charge in [0.2, 0.25) is 5.91 Å². The van der Waals surface area contributed by atoms with Crippen LogP contribution in [-0.4, -0.2) is 15.5 Å². The van der Waals surface area contributed by atoms with Crippen molar-refractivity contribution in [2.24, 2.45) is 13.0 Å². The van der Waals surface area contributed by atoms with E-state index in [9.17, 15) is 4.79 Å². The van der Waals surface area contributed by atoms with Crippen LogP contribution >= 0.6 is 11.3 Å². The Kier molecular flexibility index (Phi) is 4.39. The first-order valence-corrected chi connectivity index (χ1v) is 8.41. The van der Waals surface area contributed by atoms with Gasteiger partial charge >= 0.3 is 0 Å². The van der Waals surface area contributed by atoms with Crippen molar-refractivity contribution in [3.05, 3.63) is 40.6 Å². The molecule has 2 aromatic rings. The normalized spacial score (nSPS) is 15.9. The number of hydrogen-bond donors (Lipinski definition) is 1. The third kappa shape index (κ3) is 3.73. The summed E-state index contributed by atoms with van der Waals surface area (Å²) in [5.74, 6) is 1.68. The molecule has 1 fully saturated rings. The fourth-order valence-electron chi connectivity index (χ4n) is 2.62. The highest BCUT2D eigenvalue weighted by molar-refractivity contribution is 7.09. The molecule has 0 unspecified atom stereocenters. The highest BCUT2D eigenvalue weighted by Crippen LogP contribution is 2.40. The maximum Gasteiger partial charge on any atom is 0.220 e. The van der Waals surface area contributed by atoms with E-state index in [4.69, 9.17) is 0 Å². The molecule has 1 N–H and O–H groups in total. The molecule has 5 heteroatoms. The molecule has 0 aliphatic heterocycles. The Bertz CT molecular complexity index is 586. The minimum Gasteiger partial charge on any atom is -0.346 e. The molecule has 1 saturated carbocycles. The summed E-state index contributed by atoms with van der Waals surface area (Å²) in [5, 5.41) is 5.27. The molecule has 1 amide bonds. The molecule has 0 saturated heterocycles. The fourth-order valence-corrected chi connectivity index (χ4v) is 3.37. The molecule has 2 aromatic heterocycles. The van der Waals surface area contributed by atoms with Crippen LogP contribution in [0, 0.1) is 5.92 Å². The molecule has 112 valence electrons. The molecule has 0 bridgehead atoms. The van der Waals surface area contributed by atoms with Crippen LogP contribution in [0.4, 0.5) is 0 Å². The van der Waals surface area contributed by atoms with Gasteiger partial charge in [0.25, 0.3) is 0 Å². The minimum absolute atomic E-state index is 0.0826. The maximum atomic E-state index is 12.2. The Morgan fingerprint density at radius 1 is 1.57 bits per heavy atom. The van der Waals surface area contributed by atoms with E-state index in [1.807, 2.05) is 17.8 Å². The zero-order valence-electron chi connectivity index (χ0n) is 12.3. The van der Waals surface area contributed by atoms with E-state index in [-0.39, 0.29) is 11.9 Å². The van der Waals surface area contributed by atoms with Gasteiger partial charge in [-0.05, 0) is 43.0 Å². The number of thiophene rings is 1. The second-order valence-electron chi connectivity index (χ2n) is 5.71. The van der Waals surface area contributed by atoms with Crippen LogP contribution in [0.25, 0.3) is 0 Å². The molecule has 0 aromatic carbocycles. The highest BCUT2D eigenvalue weighted by Gasteiger charge is 2.35. The number of hydrogen-bond acceptors (Lipinski definition) is 3. The molecule has 1 aliphatic rings. The van der Waals surface area contributed by atoms with Gasteiger partial charge in [0.05, 0.1) is 6.04 Å². The number of amides is 1. The smallest absolute Gasteiger partial charge is 0.220 e. The van der Waals surface area contributed by atoms with Gasteiger partial charge in [0.15, 0.2) is 0 Å². The molecule has 1 atom stereocenters. The van der Waals surface area contributed by atoms with E-state index < -0.39 is 0 Å². The zero-order chi connectivity index (χ0) is 14.7. The Morgan fingerprint density at radius 2 is 2.43 bits per heavy atom. The lowest BCUT2D eigenvalue weighted by molar-refractivity contribution is -0.122. The third-order valence-electron chi connectivity index (χ3n) is 3.95. The molecular weight excluding hydrogens is 282 g/mol. The van der Waals surface area contributed by atoms with Crippen molar-refractivity contribution in [2.45, 2.75) is 38.1 Å². The molecule has 21 heavy (non-hydrogen) atoms. The lowest BCUT2D eigenvalue weighted by Gasteiger charge is -2.18. The highest BCUT2D eigenvalue weighted by atomic mass is 32.1. The SMILES string of the molecule is Cn1ccnc1[C@H](NC(=O)CCCc1cccs1)C1CC1. The summed E-state index contributed by atoms with van der Waals surface area (Å²) >= 11 is 1.76. The van der Waals surface area contributed by atoms with Gasteiger partial charge in [0, 0.05) is 30.7 Å². The van der Waals surface area contributed by atoms with E-state index in [2.05, 4.69) is 27.8 Å². The summed E-state index contributed by atoms with van der Waals surface area (Å²) in [6.07, 6.45) is 8.60. The molecule has 0 spiro atoms. The third-order valence-corrected chi connectivity index (χ3v) is 4.89. The first-order chi connectivity index (χ1) is 10.2.